The van der Waals surface area contributed by atoms with Crippen molar-refractivity contribution in [1.82, 2.24) is 35.0 Å². The van der Waals surface area contributed by atoms with Crippen LogP contribution in [0.4, 0.5) is 4.39 Å². The van der Waals surface area contributed by atoms with E-state index in [0.29, 0.717) is 6.54 Å². The number of carbonyl (C=O) groups is 2. The third-order valence-corrected chi connectivity index (χ3v) is 5.02. The molecule has 0 spiro atoms. The van der Waals surface area contributed by atoms with Crippen LogP contribution in [0, 0.1) is 0 Å². The number of aryl methyl sites for hydroxylation is 1. The molecule has 1 aliphatic heterocycles. The van der Waals surface area contributed by atoms with Crippen LogP contribution in [-0.4, -0.2) is 60.2 Å². The van der Waals surface area contributed by atoms with Crippen molar-refractivity contribution < 1.29 is 14.0 Å². The van der Waals surface area contributed by atoms with Gasteiger partial charge in [0.1, 0.15) is 11.9 Å². The molecule has 1 saturated heterocycles. The molecule has 0 aliphatic carbocycles. The first-order valence-electron chi connectivity index (χ1n) is 9.66. The Morgan fingerprint density at radius 3 is 2.73 bits per heavy atom. The molecule has 3 heterocycles. The average Bonchev–Trinajstić information content (AvgIpc) is 3.47. The SMILES string of the molecule is Cn1ccc(C(=O)N2C[C@@H](F)C[C@H]2Cn2cc(C(=O)NCc3ccccc3)nn2)n1. The van der Waals surface area contributed by atoms with Crippen molar-refractivity contribution in [3.05, 3.63) is 65.7 Å². The maximum Gasteiger partial charge on any atom is 0.274 e. The fourth-order valence-electron chi connectivity index (χ4n) is 3.53. The van der Waals surface area contributed by atoms with Crippen LogP contribution in [0.3, 0.4) is 0 Å². The van der Waals surface area contributed by atoms with E-state index in [1.807, 2.05) is 30.3 Å². The molecule has 1 fully saturated rings. The van der Waals surface area contributed by atoms with Crippen molar-refractivity contribution in [2.75, 3.05) is 6.54 Å². The van der Waals surface area contributed by atoms with Gasteiger partial charge in [-0.25, -0.2) is 9.07 Å². The molecule has 30 heavy (non-hydrogen) atoms. The number of alkyl halides is 1. The highest BCUT2D eigenvalue weighted by molar-refractivity contribution is 5.93. The van der Waals surface area contributed by atoms with E-state index in [4.69, 9.17) is 0 Å². The number of rotatable bonds is 6. The quantitative estimate of drug-likeness (QED) is 0.657. The van der Waals surface area contributed by atoms with Crippen molar-refractivity contribution in [2.45, 2.75) is 31.7 Å². The first kappa shape index (κ1) is 19.7. The van der Waals surface area contributed by atoms with Gasteiger partial charge in [-0.05, 0) is 11.6 Å². The summed E-state index contributed by atoms with van der Waals surface area (Å²) in [6.07, 6.45) is 2.27. The second-order valence-corrected chi connectivity index (χ2v) is 7.31. The third-order valence-electron chi connectivity index (χ3n) is 5.02. The number of hydrogen-bond donors (Lipinski definition) is 1. The molecule has 1 aromatic carbocycles. The number of likely N-dealkylation sites (tertiary alicyclic amines) is 1. The molecule has 1 aliphatic rings. The molecule has 0 radical (unpaired) electrons. The Labute approximate surface area is 172 Å². The maximum atomic E-state index is 14.1. The fourth-order valence-corrected chi connectivity index (χ4v) is 3.53. The van der Waals surface area contributed by atoms with Gasteiger partial charge in [-0.1, -0.05) is 35.5 Å². The van der Waals surface area contributed by atoms with Crippen molar-refractivity contribution in [2.24, 2.45) is 7.05 Å². The highest BCUT2D eigenvalue weighted by Gasteiger charge is 2.37. The van der Waals surface area contributed by atoms with E-state index in [9.17, 15) is 14.0 Å². The van der Waals surface area contributed by atoms with Crippen molar-refractivity contribution in [1.29, 1.82) is 0 Å². The normalized spacial score (nSPS) is 18.5. The van der Waals surface area contributed by atoms with Gasteiger partial charge in [0.05, 0.1) is 25.3 Å². The summed E-state index contributed by atoms with van der Waals surface area (Å²) in [5.41, 5.74) is 1.42. The van der Waals surface area contributed by atoms with Crippen molar-refractivity contribution in [3.63, 3.8) is 0 Å². The van der Waals surface area contributed by atoms with Crippen LogP contribution in [0.5, 0.6) is 0 Å². The lowest BCUT2D eigenvalue weighted by molar-refractivity contribution is 0.0707. The minimum atomic E-state index is -1.11. The summed E-state index contributed by atoms with van der Waals surface area (Å²) >= 11 is 0. The standard InChI is InChI=1S/C20H22FN7O2/c1-26-8-7-17(24-26)20(30)28-11-15(21)9-16(28)12-27-13-18(23-25-27)19(29)22-10-14-5-3-2-4-6-14/h2-8,13,15-16H,9-12H2,1H3,(H,22,29)/t15-,16-/m0/s1. The minimum Gasteiger partial charge on any atom is -0.347 e. The van der Waals surface area contributed by atoms with Gasteiger partial charge in [0, 0.05) is 26.2 Å². The summed E-state index contributed by atoms with van der Waals surface area (Å²) < 4.78 is 17.1. The van der Waals surface area contributed by atoms with E-state index in [1.165, 1.54) is 20.5 Å². The predicted octanol–water partition coefficient (Wildman–Crippen LogP) is 1.19. The largest absolute Gasteiger partial charge is 0.347 e. The zero-order valence-corrected chi connectivity index (χ0v) is 16.5. The second kappa shape index (κ2) is 8.44. The monoisotopic (exact) mass is 411 g/mol. The fraction of sp³-hybridized carbons (Fsp3) is 0.350. The number of hydrogen-bond acceptors (Lipinski definition) is 5. The molecule has 1 N–H and O–H groups in total. The lowest BCUT2D eigenvalue weighted by Gasteiger charge is -2.23. The molecule has 2 atom stereocenters. The summed E-state index contributed by atoms with van der Waals surface area (Å²) in [7, 11) is 1.72. The minimum absolute atomic E-state index is 0.0131. The summed E-state index contributed by atoms with van der Waals surface area (Å²) in [5.74, 6) is -0.664. The van der Waals surface area contributed by atoms with Gasteiger partial charge in [0.25, 0.3) is 11.8 Å². The molecule has 3 aromatic rings. The van der Waals surface area contributed by atoms with Crippen LogP contribution < -0.4 is 5.32 Å². The topological polar surface area (TPSA) is 97.9 Å². The zero-order chi connectivity index (χ0) is 21.1. The number of benzene rings is 1. The van der Waals surface area contributed by atoms with Gasteiger partial charge in [0.15, 0.2) is 5.69 Å². The summed E-state index contributed by atoms with van der Waals surface area (Å²) in [5, 5.41) is 14.8. The first-order valence-corrected chi connectivity index (χ1v) is 9.66. The van der Waals surface area contributed by atoms with Crippen molar-refractivity contribution >= 4 is 11.8 Å². The smallest absolute Gasteiger partial charge is 0.274 e. The molecule has 0 unspecified atom stereocenters. The van der Waals surface area contributed by atoms with Gasteiger partial charge < -0.3 is 10.2 Å². The molecule has 4 rings (SSSR count). The number of aromatic nitrogens is 5. The number of carbonyl (C=O) groups excluding carboxylic acids is 2. The third kappa shape index (κ3) is 4.37. The summed E-state index contributed by atoms with van der Waals surface area (Å²) in [4.78, 5) is 26.5. The van der Waals surface area contributed by atoms with Gasteiger partial charge in [-0.15, -0.1) is 5.10 Å². The Balaban J connectivity index is 1.39. The number of nitrogens with one attached hydrogen (secondary N) is 1. The predicted molar refractivity (Wildman–Crippen MR) is 105 cm³/mol. The van der Waals surface area contributed by atoms with Gasteiger partial charge in [-0.3, -0.25) is 14.3 Å². The first-order chi connectivity index (χ1) is 14.5. The summed E-state index contributed by atoms with van der Waals surface area (Å²) in [6, 6.07) is 10.7. The number of nitrogens with zero attached hydrogens (tertiary/aromatic N) is 6. The number of halogens is 1. The van der Waals surface area contributed by atoms with E-state index in [-0.39, 0.29) is 42.7 Å². The Morgan fingerprint density at radius 2 is 2.00 bits per heavy atom. The van der Waals surface area contributed by atoms with Crippen LogP contribution >= 0.6 is 0 Å². The molecule has 2 amide bonds. The van der Waals surface area contributed by atoms with Crippen LogP contribution in [0.25, 0.3) is 0 Å². The molecule has 0 saturated carbocycles. The van der Waals surface area contributed by atoms with E-state index < -0.39 is 12.2 Å². The molecular formula is C20H22FN7O2. The molecular weight excluding hydrogens is 389 g/mol. The highest BCUT2D eigenvalue weighted by Crippen LogP contribution is 2.23. The lowest BCUT2D eigenvalue weighted by atomic mass is 10.2. The molecule has 9 nitrogen and oxygen atoms in total. The summed E-state index contributed by atoms with van der Waals surface area (Å²) in [6.45, 7) is 0.641. The molecule has 10 heteroatoms. The lowest BCUT2D eigenvalue weighted by Crippen LogP contribution is -2.38. The average molecular weight is 411 g/mol. The molecule has 156 valence electrons. The van der Waals surface area contributed by atoms with Crippen LogP contribution in [-0.2, 0) is 20.1 Å². The van der Waals surface area contributed by atoms with E-state index in [1.54, 1.807) is 19.3 Å². The Kier molecular flexibility index (Phi) is 5.55. The van der Waals surface area contributed by atoms with E-state index >= 15 is 0 Å². The van der Waals surface area contributed by atoms with Crippen LogP contribution in [0.1, 0.15) is 33.0 Å². The van der Waals surface area contributed by atoms with Crippen molar-refractivity contribution in [3.8, 4) is 0 Å². The Bertz CT molecular complexity index is 1030. The Hall–Kier alpha value is -3.56. The second-order valence-electron chi connectivity index (χ2n) is 7.31. The van der Waals surface area contributed by atoms with Crippen LogP contribution in [0.15, 0.2) is 48.8 Å². The molecule has 2 aromatic heterocycles. The number of amides is 2. The van der Waals surface area contributed by atoms with E-state index in [0.717, 1.165) is 5.56 Å². The Morgan fingerprint density at radius 1 is 1.20 bits per heavy atom. The maximum absolute atomic E-state index is 14.1. The molecule has 0 bridgehead atoms. The zero-order valence-electron chi connectivity index (χ0n) is 16.5. The van der Waals surface area contributed by atoms with E-state index in [2.05, 4.69) is 20.7 Å². The van der Waals surface area contributed by atoms with Gasteiger partial charge in [-0.2, -0.15) is 5.10 Å². The van der Waals surface area contributed by atoms with Gasteiger partial charge >= 0.3 is 0 Å². The van der Waals surface area contributed by atoms with Crippen LogP contribution in [0.2, 0.25) is 0 Å². The highest BCUT2D eigenvalue weighted by atomic mass is 19.1. The van der Waals surface area contributed by atoms with Gasteiger partial charge in [0.2, 0.25) is 0 Å².